The van der Waals surface area contributed by atoms with E-state index >= 15 is 0 Å². The molecule has 0 atom stereocenters. The highest BCUT2D eigenvalue weighted by Crippen LogP contribution is 2.16. The molecule has 0 spiro atoms. The molecule has 0 saturated heterocycles. The van der Waals surface area contributed by atoms with Gasteiger partial charge in [-0.2, -0.15) is 0 Å². The Balaban J connectivity index is 2.02. The molecule has 22 heavy (non-hydrogen) atoms. The Hall–Kier alpha value is -2.53. The lowest BCUT2D eigenvalue weighted by Gasteiger charge is -2.05. The average molecular weight is 314 g/mol. The van der Waals surface area contributed by atoms with Gasteiger partial charge in [0, 0.05) is 11.0 Å². The number of carbonyl (C=O) groups is 2. The first kappa shape index (κ1) is 15.9. The molecule has 0 heterocycles. The van der Waals surface area contributed by atoms with Crippen LogP contribution in [-0.2, 0) is 9.53 Å². The fraction of sp³-hybridized carbons (Fsp3) is 0.0588. The third-order valence-corrected chi connectivity index (χ3v) is 3.10. The minimum absolute atomic E-state index is 0.426. The summed E-state index contributed by atoms with van der Waals surface area (Å²) in [5.74, 6) is -0.440. The highest BCUT2D eigenvalue weighted by molar-refractivity contribution is 7.80. The number of hydrogen-bond donors (Lipinski definition) is 1. The lowest BCUT2D eigenvalue weighted by Crippen LogP contribution is -2.08. The summed E-state index contributed by atoms with van der Waals surface area (Å²) in [5.41, 5.74) is 1.25. The molecule has 2 aromatic carbocycles. The number of methoxy groups -OCH3 is 1. The van der Waals surface area contributed by atoms with E-state index in [1.807, 2.05) is 0 Å². The second-order valence-electron chi connectivity index (χ2n) is 4.36. The fourth-order valence-corrected chi connectivity index (χ4v) is 1.79. The summed E-state index contributed by atoms with van der Waals surface area (Å²) in [5, 5.41) is 0. The van der Waals surface area contributed by atoms with E-state index in [-0.39, 0.29) is 0 Å². The first-order valence-corrected chi connectivity index (χ1v) is 6.90. The standard InChI is InChI=1S/C17H14O4S/c1-20-16(18)11-4-12-2-7-14(8-3-12)21-17(19)13-5-9-15(22)10-6-13/h2-11,22H,1H3/b11-4+. The molecule has 112 valence electrons. The number of rotatable bonds is 4. The van der Waals surface area contributed by atoms with Crippen LogP contribution in [0.1, 0.15) is 15.9 Å². The molecule has 0 N–H and O–H groups in total. The van der Waals surface area contributed by atoms with Crippen LogP contribution in [0.4, 0.5) is 0 Å². The summed E-state index contributed by atoms with van der Waals surface area (Å²) >= 11 is 4.16. The summed E-state index contributed by atoms with van der Waals surface area (Å²) in [4.78, 5) is 23.7. The van der Waals surface area contributed by atoms with Crippen molar-refractivity contribution in [2.45, 2.75) is 4.90 Å². The Morgan fingerprint density at radius 3 is 2.23 bits per heavy atom. The molecule has 0 aromatic heterocycles. The summed E-state index contributed by atoms with van der Waals surface area (Å²) < 4.78 is 9.77. The maximum atomic E-state index is 11.9. The summed E-state index contributed by atoms with van der Waals surface area (Å²) in [7, 11) is 1.31. The van der Waals surface area contributed by atoms with Crippen molar-refractivity contribution in [1.82, 2.24) is 0 Å². The molecular formula is C17H14O4S. The average Bonchev–Trinajstić information content (AvgIpc) is 2.54. The van der Waals surface area contributed by atoms with Gasteiger partial charge in [-0.3, -0.25) is 0 Å². The van der Waals surface area contributed by atoms with Crippen molar-refractivity contribution in [1.29, 1.82) is 0 Å². The quantitative estimate of drug-likeness (QED) is 0.407. The van der Waals surface area contributed by atoms with Crippen LogP contribution in [0.5, 0.6) is 5.75 Å². The number of ether oxygens (including phenoxy) is 2. The Kier molecular flexibility index (Phi) is 5.38. The van der Waals surface area contributed by atoms with Gasteiger partial charge in [0.1, 0.15) is 5.75 Å². The minimum atomic E-state index is -0.439. The van der Waals surface area contributed by atoms with Gasteiger partial charge in [-0.25, -0.2) is 9.59 Å². The van der Waals surface area contributed by atoms with Gasteiger partial charge in [0.05, 0.1) is 12.7 Å². The van der Waals surface area contributed by atoms with Crippen molar-refractivity contribution in [2.75, 3.05) is 7.11 Å². The molecule has 0 aliphatic rings. The second-order valence-corrected chi connectivity index (χ2v) is 4.88. The molecule has 0 saturated carbocycles. The second kappa shape index (κ2) is 7.47. The summed E-state index contributed by atoms with van der Waals surface area (Å²) in [6.07, 6.45) is 2.93. The molecule has 0 bridgehead atoms. The smallest absolute Gasteiger partial charge is 0.343 e. The van der Waals surface area contributed by atoms with Crippen LogP contribution in [-0.4, -0.2) is 19.0 Å². The van der Waals surface area contributed by atoms with Gasteiger partial charge >= 0.3 is 11.9 Å². The molecule has 0 fully saturated rings. The van der Waals surface area contributed by atoms with Crippen LogP contribution in [0.25, 0.3) is 6.08 Å². The largest absolute Gasteiger partial charge is 0.466 e. The van der Waals surface area contributed by atoms with Gasteiger partial charge in [-0.1, -0.05) is 12.1 Å². The number of carbonyl (C=O) groups excluding carboxylic acids is 2. The van der Waals surface area contributed by atoms with Crippen molar-refractivity contribution < 1.29 is 19.1 Å². The predicted octanol–water partition coefficient (Wildman–Crippen LogP) is 3.38. The van der Waals surface area contributed by atoms with Gasteiger partial charge < -0.3 is 9.47 Å². The molecular weight excluding hydrogens is 300 g/mol. The highest BCUT2D eigenvalue weighted by atomic mass is 32.1. The Bertz CT molecular complexity index is 688. The first-order chi connectivity index (χ1) is 10.6. The highest BCUT2D eigenvalue weighted by Gasteiger charge is 2.07. The maximum absolute atomic E-state index is 11.9. The fourth-order valence-electron chi connectivity index (χ4n) is 1.64. The van der Waals surface area contributed by atoms with E-state index in [9.17, 15) is 9.59 Å². The Morgan fingerprint density at radius 2 is 1.64 bits per heavy atom. The van der Waals surface area contributed by atoms with Crippen molar-refractivity contribution in [2.24, 2.45) is 0 Å². The molecule has 4 nitrogen and oxygen atoms in total. The molecule has 2 rings (SSSR count). The van der Waals surface area contributed by atoms with Crippen LogP contribution >= 0.6 is 12.6 Å². The monoisotopic (exact) mass is 314 g/mol. The van der Waals surface area contributed by atoms with Crippen LogP contribution in [0.3, 0.4) is 0 Å². The number of hydrogen-bond acceptors (Lipinski definition) is 5. The predicted molar refractivity (Wildman–Crippen MR) is 86.1 cm³/mol. The van der Waals surface area contributed by atoms with Gasteiger partial charge in [-0.05, 0) is 48.0 Å². The van der Waals surface area contributed by atoms with Crippen molar-refractivity contribution in [3.8, 4) is 5.75 Å². The SMILES string of the molecule is COC(=O)/C=C/c1ccc(OC(=O)c2ccc(S)cc2)cc1. The molecule has 5 heteroatoms. The van der Waals surface area contributed by atoms with Crippen molar-refractivity contribution >= 4 is 30.6 Å². The normalized spacial score (nSPS) is 10.5. The molecule has 0 unspecified atom stereocenters. The third kappa shape index (κ3) is 4.49. The number of thiol groups is 1. The zero-order valence-electron chi connectivity index (χ0n) is 11.9. The lowest BCUT2D eigenvalue weighted by atomic mass is 10.2. The Morgan fingerprint density at radius 1 is 1.00 bits per heavy atom. The van der Waals surface area contributed by atoms with Crippen molar-refractivity contribution in [3.05, 3.63) is 65.7 Å². The van der Waals surface area contributed by atoms with E-state index < -0.39 is 11.9 Å². The third-order valence-electron chi connectivity index (χ3n) is 2.81. The van der Waals surface area contributed by atoms with Crippen LogP contribution in [0.15, 0.2) is 59.5 Å². The van der Waals surface area contributed by atoms with Gasteiger partial charge in [-0.15, -0.1) is 12.6 Å². The van der Waals surface area contributed by atoms with Crippen LogP contribution in [0.2, 0.25) is 0 Å². The van der Waals surface area contributed by atoms with Crippen LogP contribution in [0, 0.1) is 0 Å². The zero-order valence-corrected chi connectivity index (χ0v) is 12.7. The summed E-state index contributed by atoms with van der Waals surface area (Å²) in [6, 6.07) is 13.5. The van der Waals surface area contributed by atoms with Gasteiger partial charge in [0.25, 0.3) is 0 Å². The molecule has 0 radical (unpaired) electrons. The molecule has 0 aliphatic carbocycles. The number of benzene rings is 2. The number of esters is 2. The lowest BCUT2D eigenvalue weighted by molar-refractivity contribution is -0.134. The van der Waals surface area contributed by atoms with E-state index in [1.165, 1.54) is 13.2 Å². The van der Waals surface area contributed by atoms with E-state index in [4.69, 9.17) is 4.74 Å². The van der Waals surface area contributed by atoms with E-state index in [2.05, 4.69) is 17.4 Å². The van der Waals surface area contributed by atoms with Crippen LogP contribution < -0.4 is 4.74 Å². The molecule has 0 amide bonds. The van der Waals surface area contributed by atoms with Crippen molar-refractivity contribution in [3.63, 3.8) is 0 Å². The summed E-state index contributed by atoms with van der Waals surface area (Å²) in [6.45, 7) is 0. The maximum Gasteiger partial charge on any atom is 0.343 e. The van der Waals surface area contributed by atoms with E-state index in [0.717, 1.165) is 10.5 Å². The zero-order chi connectivity index (χ0) is 15.9. The minimum Gasteiger partial charge on any atom is -0.466 e. The van der Waals surface area contributed by atoms with E-state index in [1.54, 1.807) is 54.6 Å². The molecule has 0 aliphatic heterocycles. The first-order valence-electron chi connectivity index (χ1n) is 6.46. The van der Waals surface area contributed by atoms with Gasteiger partial charge in [0.2, 0.25) is 0 Å². The van der Waals surface area contributed by atoms with Gasteiger partial charge in [0.15, 0.2) is 0 Å². The van der Waals surface area contributed by atoms with E-state index in [0.29, 0.717) is 11.3 Å². The molecule has 2 aromatic rings. The topological polar surface area (TPSA) is 52.6 Å². The Labute approximate surface area is 133 Å².